The van der Waals surface area contributed by atoms with E-state index in [1.165, 1.54) is 0 Å². The van der Waals surface area contributed by atoms with Gasteiger partial charge in [0.15, 0.2) is 0 Å². The predicted octanol–water partition coefficient (Wildman–Crippen LogP) is 1.75. The van der Waals surface area contributed by atoms with E-state index < -0.39 is 0 Å². The van der Waals surface area contributed by atoms with Crippen LogP contribution < -0.4 is 15.4 Å². The molecule has 21 heavy (non-hydrogen) atoms. The van der Waals surface area contributed by atoms with Crippen molar-refractivity contribution in [2.24, 2.45) is 0 Å². The summed E-state index contributed by atoms with van der Waals surface area (Å²) in [5, 5.41) is 13.7. The van der Waals surface area contributed by atoms with Crippen LogP contribution in [-0.4, -0.2) is 29.8 Å². The van der Waals surface area contributed by atoms with Crippen LogP contribution in [0.4, 0.5) is 6.01 Å². The van der Waals surface area contributed by atoms with Gasteiger partial charge in [0.05, 0.1) is 13.2 Å². The quantitative estimate of drug-likeness (QED) is 0.891. The number of benzene rings is 1. The lowest BCUT2D eigenvalue weighted by Gasteiger charge is -2.03. The number of anilines is 1. The van der Waals surface area contributed by atoms with Gasteiger partial charge in [0.2, 0.25) is 5.89 Å². The third-order valence-corrected chi connectivity index (χ3v) is 3.37. The molecule has 2 heterocycles. The highest BCUT2D eigenvalue weighted by Crippen LogP contribution is 2.23. The molecule has 0 bridgehead atoms. The minimum absolute atomic E-state index is 0.0872. The summed E-state index contributed by atoms with van der Waals surface area (Å²) in [5.74, 6) is 0.906. The van der Waals surface area contributed by atoms with E-state index in [-0.39, 0.29) is 18.0 Å². The van der Waals surface area contributed by atoms with Gasteiger partial charge in [-0.05, 0) is 43.7 Å². The number of aromatic nitrogens is 2. The zero-order valence-corrected chi connectivity index (χ0v) is 11.6. The number of carbonyl (C=O) groups is 1. The molecule has 1 unspecified atom stereocenters. The molecule has 0 saturated carbocycles. The SMILES string of the molecule is COc1ccc(C(=O)Nc2nnc(C3CCCN3)o2)cc1. The summed E-state index contributed by atoms with van der Waals surface area (Å²) in [5.41, 5.74) is 0.495. The maximum absolute atomic E-state index is 12.0. The highest BCUT2D eigenvalue weighted by atomic mass is 16.5. The van der Waals surface area contributed by atoms with Gasteiger partial charge in [0.1, 0.15) is 5.75 Å². The molecule has 7 nitrogen and oxygen atoms in total. The Morgan fingerprint density at radius 1 is 1.38 bits per heavy atom. The summed E-state index contributed by atoms with van der Waals surface area (Å²) in [6.07, 6.45) is 2.05. The monoisotopic (exact) mass is 288 g/mol. The molecule has 1 aliphatic rings. The molecule has 7 heteroatoms. The van der Waals surface area contributed by atoms with Crippen LogP contribution >= 0.6 is 0 Å². The number of hydrogen-bond donors (Lipinski definition) is 2. The molecular formula is C14H16N4O3. The Labute approximate surface area is 121 Å². The van der Waals surface area contributed by atoms with Gasteiger partial charge in [-0.3, -0.25) is 10.1 Å². The number of amides is 1. The number of carbonyl (C=O) groups excluding carboxylic acids is 1. The predicted molar refractivity (Wildman–Crippen MR) is 75.2 cm³/mol. The molecule has 0 aliphatic carbocycles. The van der Waals surface area contributed by atoms with Gasteiger partial charge < -0.3 is 14.5 Å². The fourth-order valence-corrected chi connectivity index (χ4v) is 2.23. The number of rotatable bonds is 4. The second-order valence-corrected chi connectivity index (χ2v) is 4.78. The van der Waals surface area contributed by atoms with Gasteiger partial charge in [0.25, 0.3) is 5.91 Å². The molecule has 1 fully saturated rings. The number of nitrogens with one attached hydrogen (secondary N) is 2. The third-order valence-electron chi connectivity index (χ3n) is 3.37. The van der Waals surface area contributed by atoms with E-state index in [1.807, 2.05) is 0 Å². The maximum Gasteiger partial charge on any atom is 0.322 e. The first kappa shape index (κ1) is 13.6. The van der Waals surface area contributed by atoms with Gasteiger partial charge in [-0.25, -0.2) is 0 Å². The van der Waals surface area contributed by atoms with Gasteiger partial charge in [-0.15, -0.1) is 5.10 Å². The van der Waals surface area contributed by atoms with Gasteiger partial charge in [-0.2, -0.15) is 0 Å². The Kier molecular flexibility index (Phi) is 3.83. The molecule has 1 atom stereocenters. The molecule has 3 rings (SSSR count). The van der Waals surface area contributed by atoms with Crippen molar-refractivity contribution >= 4 is 11.9 Å². The minimum atomic E-state index is -0.299. The van der Waals surface area contributed by atoms with E-state index >= 15 is 0 Å². The smallest absolute Gasteiger partial charge is 0.322 e. The van der Waals surface area contributed by atoms with Crippen molar-refractivity contribution in [3.05, 3.63) is 35.7 Å². The van der Waals surface area contributed by atoms with Crippen molar-refractivity contribution < 1.29 is 13.9 Å². The Morgan fingerprint density at radius 3 is 2.86 bits per heavy atom. The Morgan fingerprint density at radius 2 is 2.19 bits per heavy atom. The summed E-state index contributed by atoms with van der Waals surface area (Å²) in [6.45, 7) is 0.945. The zero-order valence-electron chi connectivity index (χ0n) is 11.6. The summed E-state index contributed by atoms with van der Waals surface area (Å²) in [7, 11) is 1.58. The molecular weight excluding hydrogens is 272 g/mol. The standard InChI is InChI=1S/C14H16N4O3/c1-20-10-6-4-9(5-7-10)12(19)16-14-18-17-13(21-14)11-3-2-8-15-11/h4-7,11,15H,2-3,8H2,1H3,(H,16,18,19). The zero-order chi connectivity index (χ0) is 14.7. The molecule has 1 aromatic heterocycles. The number of ether oxygens (including phenoxy) is 1. The molecule has 0 spiro atoms. The molecule has 1 aliphatic heterocycles. The lowest BCUT2D eigenvalue weighted by molar-refractivity contribution is 0.102. The normalized spacial score (nSPS) is 17.7. The van der Waals surface area contributed by atoms with Crippen LogP contribution in [0.15, 0.2) is 28.7 Å². The highest BCUT2D eigenvalue weighted by Gasteiger charge is 2.22. The Hall–Kier alpha value is -2.41. The number of hydrogen-bond acceptors (Lipinski definition) is 6. The topological polar surface area (TPSA) is 89.3 Å². The first-order chi connectivity index (χ1) is 10.3. The van der Waals surface area contributed by atoms with E-state index in [0.717, 1.165) is 19.4 Å². The fourth-order valence-electron chi connectivity index (χ4n) is 2.23. The minimum Gasteiger partial charge on any atom is -0.497 e. The number of nitrogens with zero attached hydrogens (tertiary/aromatic N) is 2. The summed E-state index contributed by atoms with van der Waals surface area (Å²) < 4.78 is 10.5. The van der Waals surface area contributed by atoms with Crippen molar-refractivity contribution in [3.63, 3.8) is 0 Å². The van der Waals surface area contributed by atoms with Crippen LogP contribution in [0.25, 0.3) is 0 Å². The van der Waals surface area contributed by atoms with Crippen molar-refractivity contribution in [2.45, 2.75) is 18.9 Å². The largest absolute Gasteiger partial charge is 0.497 e. The molecule has 110 valence electrons. The second kappa shape index (κ2) is 5.92. The molecule has 1 amide bonds. The van der Waals surface area contributed by atoms with E-state index in [2.05, 4.69) is 20.8 Å². The number of methoxy groups -OCH3 is 1. The van der Waals surface area contributed by atoms with Crippen LogP contribution in [0, 0.1) is 0 Å². The van der Waals surface area contributed by atoms with E-state index in [9.17, 15) is 4.79 Å². The van der Waals surface area contributed by atoms with Crippen LogP contribution in [0.1, 0.15) is 35.1 Å². The van der Waals surface area contributed by atoms with Crippen LogP contribution in [0.5, 0.6) is 5.75 Å². The van der Waals surface area contributed by atoms with Crippen molar-refractivity contribution in [1.82, 2.24) is 15.5 Å². The lowest BCUT2D eigenvalue weighted by atomic mass is 10.2. The lowest BCUT2D eigenvalue weighted by Crippen LogP contribution is -2.13. The van der Waals surface area contributed by atoms with Crippen molar-refractivity contribution in [2.75, 3.05) is 19.0 Å². The van der Waals surface area contributed by atoms with Crippen molar-refractivity contribution in [3.8, 4) is 5.75 Å². The van der Waals surface area contributed by atoms with Gasteiger partial charge in [-0.1, -0.05) is 5.10 Å². The van der Waals surface area contributed by atoms with E-state index in [4.69, 9.17) is 9.15 Å². The Bertz CT molecular complexity index is 617. The maximum atomic E-state index is 12.0. The van der Waals surface area contributed by atoms with Crippen molar-refractivity contribution in [1.29, 1.82) is 0 Å². The average Bonchev–Trinajstić information content (AvgIpc) is 3.18. The van der Waals surface area contributed by atoms with Crippen LogP contribution in [0.3, 0.4) is 0 Å². The average molecular weight is 288 g/mol. The molecule has 0 radical (unpaired) electrons. The molecule has 2 aromatic rings. The first-order valence-electron chi connectivity index (χ1n) is 6.78. The van der Waals surface area contributed by atoms with Crippen LogP contribution in [0.2, 0.25) is 0 Å². The fraction of sp³-hybridized carbons (Fsp3) is 0.357. The first-order valence-corrected chi connectivity index (χ1v) is 6.78. The van der Waals surface area contributed by atoms with Gasteiger partial charge in [0, 0.05) is 5.56 Å². The molecule has 1 aromatic carbocycles. The molecule has 2 N–H and O–H groups in total. The van der Waals surface area contributed by atoms with E-state index in [1.54, 1.807) is 31.4 Å². The summed E-state index contributed by atoms with van der Waals surface area (Å²) in [6, 6.07) is 6.98. The van der Waals surface area contributed by atoms with Crippen LogP contribution in [-0.2, 0) is 0 Å². The highest BCUT2D eigenvalue weighted by molar-refractivity contribution is 6.03. The summed E-state index contributed by atoms with van der Waals surface area (Å²) >= 11 is 0. The second-order valence-electron chi connectivity index (χ2n) is 4.78. The third kappa shape index (κ3) is 3.03. The van der Waals surface area contributed by atoms with Gasteiger partial charge >= 0.3 is 6.01 Å². The Balaban J connectivity index is 1.66. The summed E-state index contributed by atoms with van der Waals surface area (Å²) in [4.78, 5) is 12.0. The molecule has 1 saturated heterocycles. The van der Waals surface area contributed by atoms with E-state index in [0.29, 0.717) is 17.2 Å².